The van der Waals surface area contributed by atoms with Gasteiger partial charge >= 0.3 is 5.97 Å². The van der Waals surface area contributed by atoms with Crippen molar-refractivity contribution in [3.63, 3.8) is 0 Å². The minimum absolute atomic E-state index is 0.00490. The Hall–Kier alpha value is -2.87. The van der Waals surface area contributed by atoms with E-state index in [1.54, 1.807) is 30.3 Å². The van der Waals surface area contributed by atoms with Crippen molar-refractivity contribution in [1.82, 2.24) is 10.6 Å². The van der Waals surface area contributed by atoms with Gasteiger partial charge in [-0.05, 0) is 86.1 Å². The smallest absolute Gasteiger partial charge is 0.339 e. The largest absolute Gasteiger partial charge is 0.452 e. The van der Waals surface area contributed by atoms with Crippen LogP contribution in [-0.2, 0) is 20.9 Å². The highest BCUT2D eigenvalue weighted by atomic mass is 32.2. The summed E-state index contributed by atoms with van der Waals surface area (Å²) in [5.74, 6) is 1.09. The molecule has 0 aromatic heterocycles. The summed E-state index contributed by atoms with van der Waals surface area (Å²) in [5, 5.41) is 6.01. The first kappa shape index (κ1) is 24.8. The van der Waals surface area contributed by atoms with Crippen molar-refractivity contribution in [3.8, 4) is 0 Å². The molecule has 8 heteroatoms. The van der Waals surface area contributed by atoms with Crippen LogP contribution < -0.4 is 10.6 Å². The standard InChI is InChI=1S/C28H31FN2O4S/c29-22-7-5-18(6-8-22)15-30-25(32)16-35-27(34)23-3-1-2-4-24(23)36-17-26(33)31-28-12-19-9-20(13-28)11-21(10-19)14-28/h1-8,19-21H,9-17H2,(H,30,32)(H,31,33). The molecule has 0 saturated heterocycles. The Morgan fingerprint density at radius 2 is 1.56 bits per heavy atom. The van der Waals surface area contributed by atoms with Crippen LogP contribution in [-0.4, -0.2) is 35.7 Å². The molecule has 0 heterocycles. The number of hydrogen-bond donors (Lipinski definition) is 2. The van der Waals surface area contributed by atoms with Gasteiger partial charge in [0.15, 0.2) is 6.61 Å². The second kappa shape index (κ2) is 10.6. The lowest BCUT2D eigenvalue weighted by Crippen LogP contribution is -2.60. The van der Waals surface area contributed by atoms with Crippen LogP contribution in [0.1, 0.15) is 54.4 Å². The molecule has 0 radical (unpaired) electrons. The van der Waals surface area contributed by atoms with Gasteiger partial charge in [0.25, 0.3) is 5.91 Å². The third kappa shape index (κ3) is 5.91. The number of benzene rings is 2. The molecule has 4 bridgehead atoms. The van der Waals surface area contributed by atoms with Crippen molar-refractivity contribution in [2.45, 2.75) is 55.5 Å². The normalized spacial score (nSPS) is 25.9. The third-order valence-electron chi connectivity index (χ3n) is 7.65. The van der Waals surface area contributed by atoms with Crippen LogP contribution in [0.5, 0.6) is 0 Å². The van der Waals surface area contributed by atoms with Gasteiger partial charge in [-0.1, -0.05) is 24.3 Å². The average molecular weight is 511 g/mol. The van der Waals surface area contributed by atoms with Crippen LogP contribution in [0.25, 0.3) is 0 Å². The Morgan fingerprint density at radius 1 is 0.917 bits per heavy atom. The molecule has 2 amide bonds. The van der Waals surface area contributed by atoms with Crippen LogP contribution in [0.2, 0.25) is 0 Å². The van der Waals surface area contributed by atoms with Crippen molar-refractivity contribution in [3.05, 3.63) is 65.5 Å². The summed E-state index contributed by atoms with van der Waals surface area (Å²) in [4.78, 5) is 38.3. The molecule has 4 aliphatic rings. The van der Waals surface area contributed by atoms with Crippen molar-refractivity contribution < 1.29 is 23.5 Å². The summed E-state index contributed by atoms with van der Waals surface area (Å²) in [6.45, 7) is -0.215. The summed E-state index contributed by atoms with van der Waals surface area (Å²) < 4.78 is 18.2. The zero-order valence-corrected chi connectivity index (χ0v) is 21.0. The minimum atomic E-state index is -0.614. The lowest BCUT2D eigenvalue weighted by molar-refractivity contribution is -0.125. The number of thioether (sulfide) groups is 1. The Balaban J connectivity index is 1.10. The molecule has 4 saturated carbocycles. The zero-order chi connectivity index (χ0) is 25.1. The van der Waals surface area contributed by atoms with Crippen LogP contribution >= 0.6 is 11.8 Å². The van der Waals surface area contributed by atoms with E-state index in [1.807, 2.05) is 6.07 Å². The second-order valence-electron chi connectivity index (χ2n) is 10.5. The molecule has 36 heavy (non-hydrogen) atoms. The predicted octanol–water partition coefficient (Wildman–Crippen LogP) is 4.48. The molecule has 4 aliphatic carbocycles. The fraction of sp³-hybridized carbons (Fsp3) is 0.464. The molecule has 0 spiro atoms. The fourth-order valence-corrected chi connectivity index (χ4v) is 7.40. The van der Waals surface area contributed by atoms with Gasteiger partial charge in [0.1, 0.15) is 5.82 Å². The van der Waals surface area contributed by atoms with Gasteiger partial charge in [0, 0.05) is 17.0 Å². The molecule has 0 aliphatic heterocycles. The zero-order valence-electron chi connectivity index (χ0n) is 20.1. The number of hydrogen-bond acceptors (Lipinski definition) is 5. The summed E-state index contributed by atoms with van der Waals surface area (Å²) in [6, 6.07) is 12.8. The van der Waals surface area contributed by atoms with E-state index >= 15 is 0 Å². The van der Waals surface area contributed by atoms with E-state index < -0.39 is 18.5 Å². The topological polar surface area (TPSA) is 84.5 Å². The van der Waals surface area contributed by atoms with E-state index in [0.717, 1.165) is 42.6 Å². The highest BCUT2D eigenvalue weighted by molar-refractivity contribution is 8.00. The molecule has 0 unspecified atom stereocenters. The van der Waals surface area contributed by atoms with Crippen LogP contribution in [0.15, 0.2) is 53.4 Å². The first-order valence-corrected chi connectivity index (χ1v) is 13.6. The lowest BCUT2D eigenvalue weighted by Gasteiger charge is -2.56. The summed E-state index contributed by atoms with van der Waals surface area (Å²) in [6.07, 6.45) is 7.27. The van der Waals surface area contributed by atoms with Crippen LogP contribution in [0.3, 0.4) is 0 Å². The fourth-order valence-electron chi connectivity index (χ4n) is 6.56. The molecular formula is C28H31FN2O4S. The average Bonchev–Trinajstić information content (AvgIpc) is 2.85. The van der Waals surface area contributed by atoms with Gasteiger partial charge in [-0.3, -0.25) is 9.59 Å². The van der Waals surface area contributed by atoms with E-state index in [1.165, 1.54) is 43.2 Å². The maximum atomic E-state index is 13.0. The highest BCUT2D eigenvalue weighted by Gasteiger charge is 2.51. The van der Waals surface area contributed by atoms with Gasteiger partial charge in [0.2, 0.25) is 5.91 Å². The number of ether oxygens (including phenoxy) is 1. The highest BCUT2D eigenvalue weighted by Crippen LogP contribution is 2.55. The van der Waals surface area contributed by atoms with Gasteiger partial charge in [-0.15, -0.1) is 11.8 Å². The quantitative estimate of drug-likeness (QED) is 0.384. The number of esters is 1. The van der Waals surface area contributed by atoms with Gasteiger partial charge in [0.05, 0.1) is 11.3 Å². The number of carbonyl (C=O) groups excluding carboxylic acids is 3. The molecule has 2 aromatic carbocycles. The first-order valence-electron chi connectivity index (χ1n) is 12.6. The number of carbonyl (C=O) groups is 3. The Labute approximate surface area is 214 Å². The van der Waals surface area contributed by atoms with Crippen molar-refractivity contribution in [1.29, 1.82) is 0 Å². The second-order valence-corrected chi connectivity index (χ2v) is 11.5. The monoisotopic (exact) mass is 510 g/mol. The minimum Gasteiger partial charge on any atom is -0.452 e. The molecule has 2 N–H and O–H groups in total. The lowest BCUT2D eigenvalue weighted by atomic mass is 9.53. The van der Waals surface area contributed by atoms with E-state index in [-0.39, 0.29) is 29.6 Å². The van der Waals surface area contributed by atoms with Crippen LogP contribution in [0, 0.1) is 23.6 Å². The van der Waals surface area contributed by atoms with Gasteiger partial charge in [-0.2, -0.15) is 0 Å². The van der Waals surface area contributed by atoms with Gasteiger partial charge < -0.3 is 15.4 Å². The molecule has 190 valence electrons. The van der Waals surface area contributed by atoms with Crippen molar-refractivity contribution >= 4 is 29.5 Å². The summed E-state index contributed by atoms with van der Waals surface area (Å²) in [5.41, 5.74) is 1.03. The third-order valence-corrected chi connectivity index (χ3v) is 8.72. The number of nitrogens with one attached hydrogen (secondary N) is 2. The Morgan fingerprint density at radius 3 is 2.22 bits per heavy atom. The first-order chi connectivity index (χ1) is 17.4. The van der Waals surface area contributed by atoms with E-state index in [9.17, 15) is 18.8 Å². The van der Waals surface area contributed by atoms with Crippen LogP contribution in [0.4, 0.5) is 4.39 Å². The summed E-state index contributed by atoms with van der Waals surface area (Å²) >= 11 is 1.31. The molecule has 6 rings (SSSR count). The Bertz CT molecular complexity index is 1100. The van der Waals surface area contributed by atoms with E-state index in [2.05, 4.69) is 10.6 Å². The van der Waals surface area contributed by atoms with Gasteiger partial charge in [-0.25, -0.2) is 9.18 Å². The summed E-state index contributed by atoms with van der Waals surface area (Å²) in [7, 11) is 0. The number of rotatable bonds is 9. The number of halogens is 1. The van der Waals surface area contributed by atoms with Crippen molar-refractivity contribution in [2.75, 3.05) is 12.4 Å². The van der Waals surface area contributed by atoms with Crippen molar-refractivity contribution in [2.24, 2.45) is 17.8 Å². The number of amides is 2. The maximum absolute atomic E-state index is 13.0. The predicted molar refractivity (Wildman–Crippen MR) is 135 cm³/mol. The SMILES string of the molecule is O=C(COC(=O)c1ccccc1SCC(=O)NC12CC3CC(CC(C3)C1)C2)NCc1ccc(F)cc1. The Kier molecular flexibility index (Phi) is 7.32. The molecule has 2 aromatic rings. The van der Waals surface area contributed by atoms with E-state index in [4.69, 9.17) is 4.74 Å². The molecule has 0 atom stereocenters. The maximum Gasteiger partial charge on any atom is 0.339 e. The molecule has 4 fully saturated rings. The molecular weight excluding hydrogens is 479 g/mol. The molecule has 6 nitrogen and oxygen atoms in total. The van der Waals surface area contributed by atoms with E-state index in [0.29, 0.717) is 10.5 Å².